The molecule has 0 saturated heterocycles. The molecule has 144 valence electrons. The Bertz CT molecular complexity index is 1020. The highest BCUT2D eigenvalue weighted by molar-refractivity contribution is 7.92. The molecular weight excluding hydrogens is 400 g/mol. The molecule has 0 aliphatic carbocycles. The molecule has 0 aliphatic rings. The third-order valence-corrected chi connectivity index (χ3v) is 6.27. The van der Waals surface area contributed by atoms with E-state index in [9.17, 15) is 17.2 Å². The maximum absolute atomic E-state index is 12.6. The van der Waals surface area contributed by atoms with Crippen molar-refractivity contribution in [2.24, 2.45) is 0 Å². The van der Waals surface area contributed by atoms with Crippen molar-refractivity contribution in [1.29, 1.82) is 0 Å². The predicted octanol–water partition coefficient (Wildman–Crippen LogP) is 3.19. The van der Waals surface area contributed by atoms with Crippen LogP contribution in [0, 0.1) is 6.92 Å². The fourth-order valence-corrected chi connectivity index (χ4v) is 4.11. The van der Waals surface area contributed by atoms with Crippen molar-refractivity contribution < 1.29 is 21.6 Å². The van der Waals surface area contributed by atoms with Crippen LogP contribution in [0.1, 0.15) is 29.9 Å². The molecule has 0 N–H and O–H groups in total. The lowest BCUT2D eigenvalue weighted by atomic mass is 10.3. The Morgan fingerprint density at radius 2 is 2.00 bits per heavy atom. The second-order valence-electron chi connectivity index (χ2n) is 5.43. The largest absolute Gasteiger partial charge is 0.414 e. The first-order valence-corrected chi connectivity index (χ1v) is 10.2. The first-order chi connectivity index (χ1) is 12.8. The molecule has 0 radical (unpaired) electrons. The number of hydrogen-bond acceptors (Lipinski definition) is 8. The van der Waals surface area contributed by atoms with E-state index in [1.165, 1.54) is 16.7 Å². The van der Waals surface area contributed by atoms with E-state index in [4.69, 9.17) is 4.42 Å². The number of anilines is 1. The van der Waals surface area contributed by atoms with Gasteiger partial charge in [0.25, 0.3) is 11.8 Å². The van der Waals surface area contributed by atoms with Crippen molar-refractivity contribution in [3.8, 4) is 10.8 Å². The van der Waals surface area contributed by atoms with Crippen LogP contribution >= 0.6 is 11.3 Å². The monoisotopic (exact) mass is 415 g/mol. The number of thiazole rings is 1. The maximum Gasteiger partial charge on any atom is 0.314 e. The summed E-state index contributed by atoms with van der Waals surface area (Å²) >= 11 is 1.08. The van der Waals surface area contributed by atoms with Gasteiger partial charge in [-0.05, 0) is 26.0 Å². The highest BCUT2D eigenvalue weighted by Gasteiger charge is 2.24. The van der Waals surface area contributed by atoms with Crippen LogP contribution in [0.15, 0.2) is 28.9 Å². The van der Waals surface area contributed by atoms with Gasteiger partial charge in [-0.15, -0.1) is 21.5 Å². The van der Waals surface area contributed by atoms with Gasteiger partial charge in [-0.1, -0.05) is 0 Å². The molecule has 3 heterocycles. The molecule has 0 atom stereocenters. The second kappa shape index (κ2) is 7.64. The van der Waals surface area contributed by atoms with E-state index in [0.717, 1.165) is 17.0 Å². The average molecular weight is 415 g/mol. The Labute approximate surface area is 158 Å². The quantitative estimate of drug-likeness (QED) is 0.584. The number of hydrogen-bond donors (Lipinski definition) is 0. The van der Waals surface area contributed by atoms with Crippen LogP contribution < -0.4 is 4.31 Å². The van der Waals surface area contributed by atoms with Gasteiger partial charge < -0.3 is 4.42 Å². The summed E-state index contributed by atoms with van der Waals surface area (Å²) in [6.07, 6.45) is -0.00507. The first-order valence-electron chi connectivity index (χ1n) is 7.80. The molecule has 3 aromatic heterocycles. The lowest BCUT2D eigenvalue weighted by Crippen LogP contribution is -2.31. The van der Waals surface area contributed by atoms with Gasteiger partial charge in [-0.2, -0.15) is 8.78 Å². The van der Waals surface area contributed by atoms with Crippen LogP contribution in [0.25, 0.3) is 10.8 Å². The zero-order valence-electron chi connectivity index (χ0n) is 14.3. The van der Waals surface area contributed by atoms with E-state index < -0.39 is 22.3 Å². The summed E-state index contributed by atoms with van der Waals surface area (Å²) in [4.78, 5) is 8.66. The summed E-state index contributed by atoms with van der Waals surface area (Å²) in [5.74, 6) is -0.961. The van der Waals surface area contributed by atoms with Crippen molar-refractivity contribution in [2.75, 3.05) is 10.1 Å². The highest BCUT2D eigenvalue weighted by Crippen LogP contribution is 2.29. The van der Waals surface area contributed by atoms with E-state index >= 15 is 0 Å². The lowest BCUT2D eigenvalue weighted by Gasteiger charge is -2.22. The summed E-state index contributed by atoms with van der Waals surface area (Å²) in [5.41, 5.74) is 1.17. The topological polar surface area (TPSA) is 102 Å². The standard InChI is InChI=1S/C15H15F2N5O3S2/c1-3-27(23,24)22(10-5-4-9(2)18-6-10)8-12-19-7-11(26-12)14-20-21-15(25-14)13(16)17/h4-7,13H,3,8H2,1-2H3. The number of nitrogens with zero attached hydrogens (tertiary/aromatic N) is 5. The van der Waals surface area contributed by atoms with E-state index in [0.29, 0.717) is 15.6 Å². The molecule has 0 aromatic carbocycles. The van der Waals surface area contributed by atoms with E-state index in [2.05, 4.69) is 20.2 Å². The number of aromatic nitrogens is 4. The van der Waals surface area contributed by atoms with Crippen LogP contribution in [0.3, 0.4) is 0 Å². The van der Waals surface area contributed by atoms with Gasteiger partial charge in [-0.3, -0.25) is 9.29 Å². The molecule has 12 heteroatoms. The summed E-state index contributed by atoms with van der Waals surface area (Å²) in [6, 6.07) is 3.38. The van der Waals surface area contributed by atoms with Crippen LogP contribution in [-0.2, 0) is 16.6 Å². The molecule has 0 saturated carbocycles. The van der Waals surface area contributed by atoms with E-state index in [-0.39, 0.29) is 18.2 Å². The number of pyridine rings is 1. The molecule has 8 nitrogen and oxygen atoms in total. The minimum atomic E-state index is -3.58. The molecule has 0 unspecified atom stereocenters. The summed E-state index contributed by atoms with van der Waals surface area (Å²) in [6.45, 7) is 3.32. The highest BCUT2D eigenvalue weighted by atomic mass is 32.2. The normalized spacial score (nSPS) is 11.9. The zero-order chi connectivity index (χ0) is 19.6. The first kappa shape index (κ1) is 19.3. The van der Waals surface area contributed by atoms with Gasteiger partial charge in [0.15, 0.2) is 0 Å². The van der Waals surface area contributed by atoms with Gasteiger partial charge in [-0.25, -0.2) is 13.4 Å². The molecular formula is C15H15F2N5O3S2. The number of aryl methyl sites for hydroxylation is 1. The molecule has 3 aromatic rings. The molecule has 27 heavy (non-hydrogen) atoms. The molecule has 0 aliphatic heterocycles. The summed E-state index contributed by atoms with van der Waals surface area (Å²) < 4.78 is 56.2. The van der Waals surface area contributed by atoms with Gasteiger partial charge >= 0.3 is 6.43 Å². The Morgan fingerprint density at radius 1 is 1.22 bits per heavy atom. The lowest BCUT2D eigenvalue weighted by molar-refractivity contribution is 0.116. The third kappa shape index (κ3) is 4.27. The van der Waals surface area contributed by atoms with Crippen molar-refractivity contribution in [3.63, 3.8) is 0 Å². The fraction of sp³-hybridized carbons (Fsp3) is 0.333. The second-order valence-corrected chi connectivity index (χ2v) is 8.73. The number of halogens is 2. The zero-order valence-corrected chi connectivity index (χ0v) is 16.0. The van der Waals surface area contributed by atoms with Crippen LogP contribution in [0.2, 0.25) is 0 Å². The Kier molecular flexibility index (Phi) is 5.46. The maximum atomic E-state index is 12.6. The van der Waals surface area contributed by atoms with Crippen LogP contribution in [-0.4, -0.2) is 34.3 Å². The smallest absolute Gasteiger partial charge is 0.314 e. The molecule has 0 bridgehead atoms. The SMILES string of the molecule is CCS(=O)(=O)N(Cc1ncc(-c2nnc(C(F)F)o2)s1)c1ccc(C)nc1. The Hall–Kier alpha value is -2.47. The van der Waals surface area contributed by atoms with Gasteiger partial charge in [0.05, 0.1) is 30.4 Å². The number of alkyl halides is 2. The minimum Gasteiger partial charge on any atom is -0.414 e. The number of rotatable bonds is 7. The summed E-state index contributed by atoms with van der Waals surface area (Å²) in [5, 5.41) is 7.28. The third-order valence-electron chi connectivity index (χ3n) is 3.55. The van der Waals surface area contributed by atoms with Crippen molar-refractivity contribution in [2.45, 2.75) is 26.8 Å². The van der Waals surface area contributed by atoms with Gasteiger partial charge in [0, 0.05) is 5.69 Å². The van der Waals surface area contributed by atoms with E-state index in [1.807, 2.05) is 0 Å². The molecule has 0 amide bonds. The van der Waals surface area contributed by atoms with Gasteiger partial charge in [0.1, 0.15) is 9.88 Å². The summed E-state index contributed by atoms with van der Waals surface area (Å²) in [7, 11) is -3.58. The van der Waals surface area contributed by atoms with Crippen LogP contribution in [0.4, 0.5) is 14.5 Å². The predicted molar refractivity (Wildman–Crippen MR) is 95.0 cm³/mol. The minimum absolute atomic E-state index is 0.0264. The van der Waals surface area contributed by atoms with Crippen molar-refractivity contribution in [3.05, 3.63) is 41.1 Å². The van der Waals surface area contributed by atoms with Crippen LogP contribution in [0.5, 0.6) is 0 Å². The van der Waals surface area contributed by atoms with Crippen molar-refractivity contribution in [1.82, 2.24) is 20.2 Å². The molecule has 3 rings (SSSR count). The fourth-order valence-electron chi connectivity index (χ4n) is 2.14. The van der Waals surface area contributed by atoms with Gasteiger partial charge in [0.2, 0.25) is 10.0 Å². The number of sulfonamides is 1. The average Bonchev–Trinajstić information content (AvgIpc) is 3.30. The molecule has 0 spiro atoms. The Morgan fingerprint density at radius 3 is 2.59 bits per heavy atom. The van der Waals surface area contributed by atoms with Crippen molar-refractivity contribution >= 4 is 27.0 Å². The van der Waals surface area contributed by atoms with E-state index in [1.54, 1.807) is 26.0 Å². The molecule has 0 fully saturated rings. The Balaban J connectivity index is 1.88.